The molecular formula is C19H25ClIN7O. The fraction of sp³-hybridized carbons (Fsp3) is 0.368. The van der Waals surface area contributed by atoms with Crippen molar-refractivity contribution in [3.63, 3.8) is 0 Å². The third-order valence-electron chi connectivity index (χ3n) is 4.14. The fourth-order valence-corrected chi connectivity index (χ4v) is 2.89. The molecule has 0 aliphatic rings. The number of benzene rings is 1. The van der Waals surface area contributed by atoms with Gasteiger partial charge in [0, 0.05) is 36.4 Å². The van der Waals surface area contributed by atoms with Gasteiger partial charge in [0.05, 0.1) is 12.2 Å². The first-order valence-electron chi connectivity index (χ1n) is 9.09. The summed E-state index contributed by atoms with van der Waals surface area (Å²) >= 11 is 5.90. The standard InChI is InChI=1S/C19H24ClN7O.HI/c1-13-11-14(2)27(25-13)10-4-9-22-19(21-3)23-12-17-24-18(26-28-17)15-5-7-16(20)8-6-15;/h5-8,11H,4,9-10,12H2,1-3H3,(H2,21,22,23);1H. The lowest BCUT2D eigenvalue weighted by molar-refractivity contribution is 0.375. The molecule has 0 fully saturated rings. The van der Waals surface area contributed by atoms with Gasteiger partial charge < -0.3 is 15.2 Å². The fourth-order valence-electron chi connectivity index (χ4n) is 2.76. The second kappa shape index (κ2) is 11.1. The average Bonchev–Trinajstić information content (AvgIpc) is 3.28. The molecule has 2 heterocycles. The average molecular weight is 530 g/mol. The van der Waals surface area contributed by atoms with Gasteiger partial charge in [-0.25, -0.2) is 0 Å². The zero-order valence-corrected chi connectivity index (χ0v) is 19.7. The first-order chi connectivity index (χ1) is 13.5. The summed E-state index contributed by atoms with van der Waals surface area (Å²) in [6.45, 7) is 6.09. The van der Waals surface area contributed by atoms with E-state index in [1.165, 1.54) is 5.69 Å². The molecule has 1 aromatic carbocycles. The number of nitrogens with zero attached hydrogens (tertiary/aromatic N) is 5. The maximum atomic E-state index is 5.90. The number of aryl methyl sites for hydroxylation is 3. The van der Waals surface area contributed by atoms with Gasteiger partial charge in [-0.3, -0.25) is 9.67 Å². The zero-order valence-electron chi connectivity index (χ0n) is 16.6. The van der Waals surface area contributed by atoms with E-state index < -0.39 is 0 Å². The van der Waals surface area contributed by atoms with Crippen LogP contribution in [0, 0.1) is 13.8 Å². The molecule has 3 aromatic rings. The molecule has 0 saturated heterocycles. The molecule has 10 heteroatoms. The molecule has 0 atom stereocenters. The molecule has 0 spiro atoms. The van der Waals surface area contributed by atoms with Gasteiger partial charge in [0.15, 0.2) is 5.96 Å². The Morgan fingerprint density at radius 1 is 1.21 bits per heavy atom. The molecule has 0 amide bonds. The summed E-state index contributed by atoms with van der Waals surface area (Å²) in [4.78, 5) is 8.60. The van der Waals surface area contributed by atoms with Crippen LogP contribution in [0.1, 0.15) is 23.7 Å². The quantitative estimate of drug-likeness (QED) is 0.210. The number of halogens is 2. The van der Waals surface area contributed by atoms with Gasteiger partial charge in [-0.05, 0) is 50.6 Å². The van der Waals surface area contributed by atoms with E-state index in [2.05, 4.69) is 43.9 Å². The van der Waals surface area contributed by atoms with Gasteiger partial charge in [-0.2, -0.15) is 10.1 Å². The molecule has 3 rings (SSSR count). The SMILES string of the molecule is CN=C(NCCCn1nc(C)cc1C)NCc1nc(-c2ccc(Cl)cc2)no1.I. The highest BCUT2D eigenvalue weighted by Gasteiger charge is 2.09. The van der Waals surface area contributed by atoms with Crippen LogP contribution in [0.3, 0.4) is 0 Å². The minimum atomic E-state index is 0. The van der Waals surface area contributed by atoms with Crippen LogP contribution in [-0.4, -0.2) is 39.5 Å². The second-order valence-corrected chi connectivity index (χ2v) is 6.81. The summed E-state index contributed by atoms with van der Waals surface area (Å²) in [6.07, 6.45) is 0.934. The summed E-state index contributed by atoms with van der Waals surface area (Å²) in [5, 5.41) is 15.6. The number of aromatic nitrogens is 4. The van der Waals surface area contributed by atoms with E-state index >= 15 is 0 Å². The van der Waals surface area contributed by atoms with Crippen LogP contribution in [0.25, 0.3) is 11.4 Å². The van der Waals surface area contributed by atoms with Crippen LogP contribution in [0.15, 0.2) is 39.8 Å². The molecule has 156 valence electrons. The predicted molar refractivity (Wildman–Crippen MR) is 125 cm³/mol. The van der Waals surface area contributed by atoms with E-state index in [1.54, 1.807) is 19.2 Å². The highest BCUT2D eigenvalue weighted by molar-refractivity contribution is 14.0. The molecule has 2 N–H and O–H groups in total. The van der Waals surface area contributed by atoms with Crippen LogP contribution < -0.4 is 10.6 Å². The van der Waals surface area contributed by atoms with Crippen LogP contribution in [0.4, 0.5) is 0 Å². The highest BCUT2D eigenvalue weighted by atomic mass is 127. The Morgan fingerprint density at radius 2 is 1.97 bits per heavy atom. The number of aliphatic imine (C=N–C) groups is 1. The topological polar surface area (TPSA) is 93.2 Å². The Labute approximate surface area is 192 Å². The Hall–Kier alpha value is -2.14. The number of guanidine groups is 1. The lowest BCUT2D eigenvalue weighted by Crippen LogP contribution is -2.37. The van der Waals surface area contributed by atoms with Crippen LogP contribution in [-0.2, 0) is 13.1 Å². The molecule has 0 aliphatic carbocycles. The molecule has 0 bridgehead atoms. The Bertz CT molecular complexity index is 936. The lowest BCUT2D eigenvalue weighted by Gasteiger charge is -2.10. The predicted octanol–water partition coefficient (Wildman–Crippen LogP) is 3.58. The van der Waals surface area contributed by atoms with Crippen molar-refractivity contribution in [1.29, 1.82) is 0 Å². The number of rotatable bonds is 7. The molecule has 0 aliphatic heterocycles. The van der Waals surface area contributed by atoms with Crippen molar-refractivity contribution in [1.82, 2.24) is 30.6 Å². The third kappa shape index (κ3) is 6.70. The lowest BCUT2D eigenvalue weighted by atomic mass is 10.2. The van der Waals surface area contributed by atoms with E-state index in [1.807, 2.05) is 23.7 Å². The number of hydrogen-bond donors (Lipinski definition) is 2. The monoisotopic (exact) mass is 529 g/mol. The van der Waals surface area contributed by atoms with Gasteiger partial charge in [0.2, 0.25) is 11.7 Å². The van der Waals surface area contributed by atoms with Crippen LogP contribution in [0.2, 0.25) is 5.02 Å². The highest BCUT2D eigenvalue weighted by Crippen LogP contribution is 2.18. The van der Waals surface area contributed by atoms with Crippen molar-refractivity contribution in [3.05, 3.63) is 52.6 Å². The Morgan fingerprint density at radius 3 is 2.62 bits per heavy atom. The molecule has 8 nitrogen and oxygen atoms in total. The van der Waals surface area contributed by atoms with Gasteiger partial charge >= 0.3 is 0 Å². The normalized spacial score (nSPS) is 11.2. The molecule has 29 heavy (non-hydrogen) atoms. The van der Waals surface area contributed by atoms with Crippen molar-refractivity contribution >= 4 is 41.5 Å². The molecular weight excluding hydrogens is 505 g/mol. The van der Waals surface area contributed by atoms with Crippen molar-refractivity contribution in [2.45, 2.75) is 33.4 Å². The summed E-state index contributed by atoms with van der Waals surface area (Å²) < 4.78 is 7.31. The summed E-state index contributed by atoms with van der Waals surface area (Å²) in [5.41, 5.74) is 3.07. The number of hydrogen-bond acceptors (Lipinski definition) is 5. The number of nitrogens with one attached hydrogen (secondary N) is 2. The van der Waals surface area contributed by atoms with E-state index in [0.717, 1.165) is 30.8 Å². The van der Waals surface area contributed by atoms with Crippen LogP contribution >= 0.6 is 35.6 Å². The van der Waals surface area contributed by atoms with E-state index in [-0.39, 0.29) is 24.0 Å². The largest absolute Gasteiger partial charge is 0.356 e. The Balaban J connectivity index is 0.00000300. The van der Waals surface area contributed by atoms with Crippen LogP contribution in [0.5, 0.6) is 0 Å². The van der Waals surface area contributed by atoms with Gasteiger partial charge in [-0.15, -0.1) is 24.0 Å². The van der Waals surface area contributed by atoms with E-state index in [0.29, 0.717) is 29.2 Å². The van der Waals surface area contributed by atoms with Crippen molar-refractivity contribution in [2.24, 2.45) is 4.99 Å². The van der Waals surface area contributed by atoms with Crippen molar-refractivity contribution in [2.75, 3.05) is 13.6 Å². The maximum Gasteiger partial charge on any atom is 0.246 e. The van der Waals surface area contributed by atoms with Crippen molar-refractivity contribution in [3.8, 4) is 11.4 Å². The molecule has 0 saturated carbocycles. The minimum Gasteiger partial charge on any atom is -0.356 e. The third-order valence-corrected chi connectivity index (χ3v) is 4.40. The summed E-state index contributed by atoms with van der Waals surface area (Å²) in [6, 6.07) is 9.38. The summed E-state index contributed by atoms with van der Waals surface area (Å²) in [5.74, 6) is 1.69. The Kier molecular flexibility index (Phi) is 8.90. The molecule has 2 aromatic heterocycles. The molecule has 0 radical (unpaired) electrons. The van der Waals surface area contributed by atoms with Gasteiger partial charge in [0.1, 0.15) is 0 Å². The first kappa shape index (κ1) is 23.1. The van der Waals surface area contributed by atoms with Gasteiger partial charge in [-0.1, -0.05) is 16.8 Å². The first-order valence-corrected chi connectivity index (χ1v) is 9.47. The minimum absolute atomic E-state index is 0. The van der Waals surface area contributed by atoms with Gasteiger partial charge in [0.25, 0.3) is 0 Å². The van der Waals surface area contributed by atoms with Crippen molar-refractivity contribution < 1.29 is 4.52 Å². The zero-order chi connectivity index (χ0) is 19.9. The molecule has 0 unspecified atom stereocenters. The van der Waals surface area contributed by atoms with E-state index in [9.17, 15) is 0 Å². The smallest absolute Gasteiger partial charge is 0.246 e. The second-order valence-electron chi connectivity index (χ2n) is 6.37. The summed E-state index contributed by atoms with van der Waals surface area (Å²) in [7, 11) is 1.73. The maximum absolute atomic E-state index is 5.90. The van der Waals surface area contributed by atoms with E-state index in [4.69, 9.17) is 16.1 Å².